The number of carbonyl (C=O) groups excluding carboxylic acids is 3. The first-order valence-corrected chi connectivity index (χ1v) is 15.3. The van der Waals surface area contributed by atoms with Gasteiger partial charge in [0.1, 0.15) is 0 Å². The summed E-state index contributed by atoms with van der Waals surface area (Å²) in [4.78, 5) is 38.5. The number of fused-ring (bicyclic) bond motifs is 1. The van der Waals surface area contributed by atoms with Crippen molar-refractivity contribution in [2.75, 3.05) is 0 Å². The monoisotopic (exact) mass is 425 g/mol. The van der Waals surface area contributed by atoms with E-state index in [1.165, 1.54) is 0 Å². The summed E-state index contributed by atoms with van der Waals surface area (Å²) in [6.45, 7) is 7.75. The molecule has 0 spiro atoms. The Morgan fingerprint density at radius 3 is 1.87 bits per heavy atom. The zero-order valence-electron chi connectivity index (χ0n) is 14.1. The SMILES string of the molecule is C[CH2][Sn]([CH2]C)([CH2]C)[O]C(=O)[C@@H](C)N1C(=O)c2ccccc2C1=O. The fraction of sp³-hybridized carbons (Fsp3) is 0.471. The van der Waals surface area contributed by atoms with E-state index in [4.69, 9.17) is 3.07 Å². The quantitative estimate of drug-likeness (QED) is 0.520. The van der Waals surface area contributed by atoms with E-state index in [1.807, 2.05) is 0 Å². The van der Waals surface area contributed by atoms with E-state index in [-0.39, 0.29) is 0 Å². The van der Waals surface area contributed by atoms with E-state index < -0.39 is 42.6 Å². The van der Waals surface area contributed by atoms with Crippen LogP contribution < -0.4 is 0 Å². The summed E-state index contributed by atoms with van der Waals surface area (Å²) >= 11 is -2.93. The van der Waals surface area contributed by atoms with E-state index in [2.05, 4.69) is 20.8 Å². The summed E-state index contributed by atoms with van der Waals surface area (Å²) in [5.74, 6) is -1.28. The summed E-state index contributed by atoms with van der Waals surface area (Å²) in [6.07, 6.45) is 0. The van der Waals surface area contributed by atoms with Crippen molar-refractivity contribution < 1.29 is 17.5 Å². The summed E-state index contributed by atoms with van der Waals surface area (Å²) in [5.41, 5.74) is 0.710. The molecule has 23 heavy (non-hydrogen) atoms. The molecule has 0 fully saturated rings. The molecule has 0 N–H and O–H groups in total. The predicted octanol–water partition coefficient (Wildman–Crippen LogP) is 3.22. The predicted molar refractivity (Wildman–Crippen MR) is 89.7 cm³/mol. The molecule has 1 aromatic carbocycles. The third kappa shape index (κ3) is 3.16. The molecule has 1 heterocycles. The molecule has 1 atom stereocenters. The molecule has 0 bridgehead atoms. The minimum atomic E-state index is -2.93. The molecule has 0 aromatic heterocycles. The van der Waals surface area contributed by atoms with Gasteiger partial charge in [-0.05, 0) is 0 Å². The molecule has 0 radical (unpaired) electrons. The van der Waals surface area contributed by atoms with Crippen molar-refractivity contribution in [1.29, 1.82) is 0 Å². The molecule has 2 rings (SSSR count). The summed E-state index contributed by atoms with van der Waals surface area (Å²) in [5, 5.41) is 0. The average Bonchev–Trinajstić information content (AvgIpc) is 2.83. The van der Waals surface area contributed by atoms with Crippen molar-refractivity contribution in [3.63, 3.8) is 0 Å². The van der Waals surface area contributed by atoms with Gasteiger partial charge in [-0.1, -0.05) is 0 Å². The molecule has 124 valence electrons. The second kappa shape index (κ2) is 7.03. The van der Waals surface area contributed by atoms with Gasteiger partial charge in [0.2, 0.25) is 0 Å². The van der Waals surface area contributed by atoms with Crippen LogP contribution in [0, 0.1) is 0 Å². The van der Waals surface area contributed by atoms with Gasteiger partial charge in [-0.3, -0.25) is 0 Å². The molecule has 1 aliphatic heterocycles. The molecule has 5 nitrogen and oxygen atoms in total. The molecule has 6 heteroatoms. The Hall–Kier alpha value is -1.37. The van der Waals surface area contributed by atoms with Crippen LogP contribution in [0.25, 0.3) is 0 Å². The first-order chi connectivity index (χ1) is 10.9. The fourth-order valence-corrected chi connectivity index (χ4v) is 10.2. The summed E-state index contributed by atoms with van der Waals surface area (Å²) < 4.78 is 8.60. The first kappa shape index (κ1) is 18.0. The number of hydrogen-bond acceptors (Lipinski definition) is 4. The summed E-state index contributed by atoms with van der Waals surface area (Å²) in [7, 11) is 0. The van der Waals surface area contributed by atoms with Gasteiger partial charge in [0.25, 0.3) is 0 Å². The molecular weight excluding hydrogens is 401 g/mol. The van der Waals surface area contributed by atoms with Gasteiger partial charge in [0.15, 0.2) is 0 Å². The van der Waals surface area contributed by atoms with Crippen LogP contribution in [-0.4, -0.2) is 47.5 Å². The van der Waals surface area contributed by atoms with E-state index in [1.54, 1.807) is 31.2 Å². The second-order valence-corrected chi connectivity index (χ2v) is 19.3. The van der Waals surface area contributed by atoms with E-state index in [0.717, 1.165) is 18.2 Å². The molecule has 2 amide bonds. The maximum atomic E-state index is 12.5. The van der Waals surface area contributed by atoms with Gasteiger partial charge in [0, 0.05) is 0 Å². The Balaban J connectivity index is 2.22. The number of imide groups is 1. The number of carbonyl (C=O) groups is 3. The average molecular weight is 424 g/mol. The molecule has 1 aliphatic rings. The van der Waals surface area contributed by atoms with Crippen molar-refractivity contribution in [2.24, 2.45) is 0 Å². The topological polar surface area (TPSA) is 63.7 Å². The van der Waals surface area contributed by atoms with Crippen molar-refractivity contribution in [3.8, 4) is 0 Å². The molecule has 1 aromatic rings. The van der Waals surface area contributed by atoms with E-state index in [9.17, 15) is 14.4 Å². The van der Waals surface area contributed by atoms with Gasteiger partial charge in [0.05, 0.1) is 0 Å². The van der Waals surface area contributed by atoms with Gasteiger partial charge < -0.3 is 0 Å². The first-order valence-electron chi connectivity index (χ1n) is 8.10. The van der Waals surface area contributed by atoms with Crippen molar-refractivity contribution in [3.05, 3.63) is 35.4 Å². The van der Waals surface area contributed by atoms with Gasteiger partial charge in [-0.2, -0.15) is 0 Å². The van der Waals surface area contributed by atoms with Crippen LogP contribution in [0.2, 0.25) is 13.3 Å². The number of rotatable bonds is 6. The van der Waals surface area contributed by atoms with Crippen molar-refractivity contribution in [1.82, 2.24) is 4.90 Å². The molecule has 0 aliphatic carbocycles. The zero-order valence-corrected chi connectivity index (χ0v) is 16.9. The molecule has 0 saturated carbocycles. The molecular formula is C17H23NO4Sn. The Labute approximate surface area is 141 Å². The van der Waals surface area contributed by atoms with Gasteiger partial charge in [-0.25, -0.2) is 0 Å². The maximum absolute atomic E-state index is 12.5. The minimum absolute atomic E-state index is 0.355. The zero-order chi connectivity index (χ0) is 17.2. The van der Waals surface area contributed by atoms with E-state index >= 15 is 0 Å². The standard InChI is InChI=1S/C11H9NO4.3C2H5.Sn/c1-6(11(15)16)12-9(13)7-4-2-3-5-8(7)10(12)14;3*1-2;/h2-6H,1H3,(H,15,16);3*1H2,2H3;/q;;;;+1/p-1/t6-;;;;/m1..../s1. The summed E-state index contributed by atoms with van der Waals surface area (Å²) in [6, 6.07) is 5.76. The van der Waals surface area contributed by atoms with Crippen LogP contribution in [0.4, 0.5) is 0 Å². The molecule has 0 saturated heterocycles. The number of amides is 2. The van der Waals surface area contributed by atoms with Crippen LogP contribution in [0.5, 0.6) is 0 Å². The molecule has 0 unspecified atom stereocenters. The number of nitrogens with zero attached hydrogens (tertiary/aromatic N) is 1. The van der Waals surface area contributed by atoms with Crippen molar-refractivity contribution in [2.45, 2.75) is 47.0 Å². The van der Waals surface area contributed by atoms with Crippen LogP contribution in [0.3, 0.4) is 0 Å². The normalized spacial score (nSPS) is 15.6. The van der Waals surface area contributed by atoms with Crippen molar-refractivity contribution >= 4 is 36.6 Å². The van der Waals surface area contributed by atoms with Crippen LogP contribution >= 0.6 is 0 Å². The Bertz CT molecular complexity index is 596. The third-order valence-corrected chi connectivity index (χ3v) is 17.6. The Kier molecular flexibility index (Phi) is 5.49. The Morgan fingerprint density at radius 1 is 1.04 bits per heavy atom. The van der Waals surface area contributed by atoms with E-state index in [0.29, 0.717) is 11.1 Å². The van der Waals surface area contributed by atoms with Crippen LogP contribution in [0.15, 0.2) is 24.3 Å². The van der Waals surface area contributed by atoms with Crippen LogP contribution in [-0.2, 0) is 7.87 Å². The Morgan fingerprint density at radius 2 is 1.48 bits per heavy atom. The van der Waals surface area contributed by atoms with Crippen LogP contribution in [0.1, 0.15) is 48.4 Å². The number of hydrogen-bond donors (Lipinski definition) is 0. The second-order valence-electron chi connectivity index (χ2n) is 5.87. The fourth-order valence-electron chi connectivity index (χ4n) is 2.93. The van der Waals surface area contributed by atoms with Gasteiger partial charge >= 0.3 is 141 Å². The van der Waals surface area contributed by atoms with Gasteiger partial charge in [-0.15, -0.1) is 0 Å². The third-order valence-electron chi connectivity index (χ3n) is 4.80. The number of benzene rings is 1.